The lowest BCUT2D eigenvalue weighted by Crippen LogP contribution is -2.15. The highest BCUT2D eigenvalue weighted by Crippen LogP contribution is 2.54. The lowest BCUT2D eigenvalue weighted by molar-refractivity contribution is 0.660. The van der Waals surface area contributed by atoms with Gasteiger partial charge in [0.2, 0.25) is 0 Å². The van der Waals surface area contributed by atoms with Crippen molar-refractivity contribution in [2.24, 2.45) is 0 Å². The van der Waals surface area contributed by atoms with E-state index in [-0.39, 0.29) is 10.8 Å². The summed E-state index contributed by atoms with van der Waals surface area (Å²) in [5.74, 6) is 0. The monoisotopic (exact) mass is 1020 g/mol. The minimum absolute atomic E-state index is 0.178. The summed E-state index contributed by atoms with van der Waals surface area (Å²) >= 11 is 0. The molecular formula is C78H56N2. The Labute approximate surface area is 466 Å². The van der Waals surface area contributed by atoms with Crippen LogP contribution in [-0.4, -0.2) is 9.13 Å². The number of benzene rings is 12. The fraction of sp³-hybridized carbons (Fsp3) is 0.0769. The van der Waals surface area contributed by atoms with Crippen molar-refractivity contribution in [2.45, 2.75) is 38.5 Å². The van der Waals surface area contributed by atoms with E-state index in [1.165, 1.54) is 116 Å². The number of aromatic nitrogens is 2. The van der Waals surface area contributed by atoms with Crippen molar-refractivity contribution < 1.29 is 0 Å². The van der Waals surface area contributed by atoms with Crippen molar-refractivity contribution in [3.05, 3.63) is 289 Å². The van der Waals surface area contributed by atoms with Gasteiger partial charge in [-0.2, -0.15) is 0 Å². The average molecular weight is 1020 g/mol. The van der Waals surface area contributed by atoms with Gasteiger partial charge in [0.15, 0.2) is 0 Å². The van der Waals surface area contributed by atoms with E-state index in [0.717, 1.165) is 38.5 Å². The molecule has 2 aliphatic carbocycles. The van der Waals surface area contributed by atoms with Gasteiger partial charge in [0.05, 0.1) is 33.4 Å². The molecule has 0 amide bonds. The third-order valence-electron chi connectivity index (χ3n) is 18.2. The Morgan fingerprint density at radius 2 is 0.562 bits per heavy atom. The quantitative estimate of drug-likeness (QED) is 0.166. The van der Waals surface area contributed by atoms with Gasteiger partial charge in [0.25, 0.3) is 0 Å². The number of hydrogen-bond donors (Lipinski definition) is 0. The van der Waals surface area contributed by atoms with Crippen molar-refractivity contribution in [3.8, 4) is 55.9 Å². The van der Waals surface area contributed by atoms with Crippen LogP contribution in [-0.2, 0) is 10.8 Å². The molecule has 2 aliphatic rings. The van der Waals surface area contributed by atoms with Crippen molar-refractivity contribution in [3.63, 3.8) is 0 Å². The van der Waals surface area contributed by atoms with Crippen molar-refractivity contribution >= 4 is 75.9 Å². The fourth-order valence-corrected chi connectivity index (χ4v) is 14.5. The predicted octanol–water partition coefficient (Wildman–Crippen LogP) is 21.0. The molecule has 16 rings (SSSR count). The van der Waals surface area contributed by atoms with Crippen LogP contribution in [0.3, 0.4) is 0 Å². The number of rotatable bonds is 4. The number of fused-ring (bicyclic) bond motifs is 14. The van der Waals surface area contributed by atoms with Gasteiger partial charge in [-0.25, -0.2) is 0 Å². The molecule has 2 nitrogen and oxygen atoms in total. The average Bonchev–Trinajstić information content (AvgIpc) is 4.13. The molecule has 14 aromatic rings. The van der Waals surface area contributed by atoms with Crippen LogP contribution in [0.5, 0.6) is 0 Å². The summed E-state index contributed by atoms with van der Waals surface area (Å²) in [6, 6.07) is 101. The second-order valence-electron chi connectivity index (χ2n) is 23.1. The Balaban J connectivity index is 1.21. The molecule has 2 heteroatoms. The summed E-state index contributed by atoms with van der Waals surface area (Å²) in [5.41, 5.74) is 21.7. The predicted molar refractivity (Wildman–Crippen MR) is 340 cm³/mol. The Morgan fingerprint density at radius 1 is 0.237 bits per heavy atom. The SMILES string of the molecule is CC1(C)c2ccccc2-c2c(-n3c4ccccc4c4cccc5c6cc(-c7ccccc7)ccc6n(-c6cccc7c6-c6ccccc6C7(C)C)c6ccc(-c7ccccc7)cc6c6cccc(c7ccccc73)c6c45)cccc21. The molecule has 0 atom stereocenters. The minimum Gasteiger partial charge on any atom is -0.309 e. The highest BCUT2D eigenvalue weighted by molar-refractivity contribution is 6.34. The molecule has 0 N–H and O–H groups in total. The Bertz CT molecular complexity index is 4840. The van der Waals surface area contributed by atoms with Crippen molar-refractivity contribution in [1.82, 2.24) is 9.13 Å². The first kappa shape index (κ1) is 46.3. The van der Waals surface area contributed by atoms with Crippen LogP contribution in [0.2, 0.25) is 0 Å². The Hall–Kier alpha value is -9.76. The maximum atomic E-state index is 2.62. The van der Waals surface area contributed by atoms with Crippen molar-refractivity contribution in [2.75, 3.05) is 0 Å². The zero-order valence-corrected chi connectivity index (χ0v) is 45.3. The summed E-state index contributed by atoms with van der Waals surface area (Å²) < 4.78 is 5.21. The molecule has 0 fully saturated rings. The van der Waals surface area contributed by atoms with Crippen LogP contribution in [0.1, 0.15) is 49.9 Å². The van der Waals surface area contributed by atoms with Crippen LogP contribution < -0.4 is 0 Å². The van der Waals surface area contributed by atoms with Gasteiger partial charge < -0.3 is 9.13 Å². The highest BCUT2D eigenvalue weighted by atomic mass is 15.0. The summed E-state index contributed by atoms with van der Waals surface area (Å²) in [5, 5.41) is 11.8. The topological polar surface area (TPSA) is 9.86 Å². The summed E-state index contributed by atoms with van der Waals surface area (Å²) in [6.07, 6.45) is 0. The lowest BCUT2D eigenvalue weighted by Gasteiger charge is -2.22. The van der Waals surface area contributed by atoms with Crippen LogP contribution in [0, 0.1) is 0 Å². The van der Waals surface area contributed by atoms with E-state index >= 15 is 0 Å². The standard InChI is InChI=1S/C78H56N2/c1-77(2)63-35-15-11-29-59(63)75-65(77)37-21-41-71(75)79-67-39-17-13-27-53(67)55-31-19-33-57-61-47-51(49-23-7-5-8-24-49)43-45-69(61)80(72-42-22-38-66-76(72)60-30-12-16-36-64(60)78(66,3)4)70-46-44-52(50-25-9-6-10-26-50)48-62(70)58-34-20-32-56(74(58)73(55)57)54-28-14-18-40-68(54)79/h5-48H,1-4H3. The Kier molecular flexibility index (Phi) is 10.1. The second kappa shape index (κ2) is 17.4. The summed E-state index contributed by atoms with van der Waals surface area (Å²) in [4.78, 5) is 0. The smallest absolute Gasteiger partial charge is 0.0543 e. The molecule has 0 saturated carbocycles. The normalized spacial score (nSPS) is 13.7. The van der Waals surface area contributed by atoms with Crippen LogP contribution >= 0.6 is 0 Å². The van der Waals surface area contributed by atoms with E-state index in [1.54, 1.807) is 0 Å². The van der Waals surface area contributed by atoms with E-state index in [4.69, 9.17) is 0 Å². The number of nitrogens with zero attached hydrogens (tertiary/aromatic N) is 2. The minimum atomic E-state index is -0.202. The van der Waals surface area contributed by atoms with Gasteiger partial charge >= 0.3 is 0 Å². The van der Waals surface area contributed by atoms with Gasteiger partial charge in [-0.05, 0) is 136 Å². The van der Waals surface area contributed by atoms with E-state index in [1.807, 2.05) is 0 Å². The fourth-order valence-electron chi connectivity index (χ4n) is 14.5. The first-order valence-electron chi connectivity index (χ1n) is 28.2. The molecule has 2 heterocycles. The third kappa shape index (κ3) is 6.60. The second-order valence-corrected chi connectivity index (χ2v) is 23.1. The van der Waals surface area contributed by atoms with E-state index in [2.05, 4.69) is 304 Å². The molecular weight excluding hydrogens is 965 g/mol. The molecule has 0 saturated heterocycles. The number of para-hydroxylation sites is 2. The van der Waals surface area contributed by atoms with Crippen LogP contribution in [0.25, 0.3) is 132 Å². The van der Waals surface area contributed by atoms with Crippen LogP contribution in [0.4, 0.5) is 0 Å². The van der Waals surface area contributed by atoms with Gasteiger partial charge in [-0.15, -0.1) is 0 Å². The van der Waals surface area contributed by atoms with Crippen LogP contribution in [0.15, 0.2) is 267 Å². The molecule has 0 unspecified atom stereocenters. The maximum absolute atomic E-state index is 2.62. The third-order valence-corrected chi connectivity index (χ3v) is 18.2. The number of hydrogen-bond acceptors (Lipinski definition) is 0. The molecule has 0 aliphatic heterocycles. The van der Waals surface area contributed by atoms with Gasteiger partial charge in [-0.3, -0.25) is 0 Å². The summed E-state index contributed by atoms with van der Waals surface area (Å²) in [7, 11) is 0. The van der Waals surface area contributed by atoms with Crippen molar-refractivity contribution in [1.29, 1.82) is 0 Å². The Morgan fingerprint density at radius 3 is 1.00 bits per heavy atom. The molecule has 80 heavy (non-hydrogen) atoms. The first-order valence-corrected chi connectivity index (χ1v) is 28.2. The van der Waals surface area contributed by atoms with E-state index in [0.29, 0.717) is 0 Å². The summed E-state index contributed by atoms with van der Waals surface area (Å²) in [6.45, 7) is 9.55. The van der Waals surface area contributed by atoms with E-state index in [9.17, 15) is 0 Å². The zero-order chi connectivity index (χ0) is 53.4. The molecule has 0 bridgehead atoms. The molecule has 12 aromatic carbocycles. The molecule has 2 aromatic heterocycles. The molecule has 0 spiro atoms. The largest absolute Gasteiger partial charge is 0.309 e. The van der Waals surface area contributed by atoms with Gasteiger partial charge in [-0.1, -0.05) is 246 Å². The van der Waals surface area contributed by atoms with E-state index < -0.39 is 0 Å². The lowest BCUT2D eigenvalue weighted by atomic mass is 9.82. The zero-order valence-electron chi connectivity index (χ0n) is 45.3. The molecule has 378 valence electrons. The highest BCUT2D eigenvalue weighted by Gasteiger charge is 2.38. The molecule has 0 radical (unpaired) electrons. The maximum Gasteiger partial charge on any atom is 0.0543 e. The van der Waals surface area contributed by atoms with Gasteiger partial charge in [0.1, 0.15) is 0 Å². The first-order chi connectivity index (χ1) is 39.3. The van der Waals surface area contributed by atoms with Gasteiger partial charge in [0, 0.05) is 43.5 Å².